The molecule has 6 aromatic rings. The topological polar surface area (TPSA) is 18.5 Å². The Morgan fingerprint density at radius 2 is 1.19 bits per heavy atom. The third kappa shape index (κ3) is 9.69. The minimum absolute atomic E-state index is 0.390. The van der Waals surface area contributed by atoms with Gasteiger partial charge in [0.2, 0.25) is 0 Å². The van der Waals surface area contributed by atoms with Crippen LogP contribution in [0, 0.1) is 11.8 Å². The first kappa shape index (κ1) is 43.3. The molecule has 0 heterocycles. The molecular weight excluding hydrogens is 751 g/mol. The molecule has 0 aromatic heterocycles. The van der Waals surface area contributed by atoms with Crippen molar-refractivity contribution in [2.24, 2.45) is 11.8 Å². The van der Waals surface area contributed by atoms with Crippen molar-refractivity contribution in [3.05, 3.63) is 247 Å². The highest BCUT2D eigenvalue weighted by Crippen LogP contribution is 2.48. The molecule has 4 aliphatic rings. The predicted molar refractivity (Wildman–Crippen MR) is 269 cm³/mol. The second kappa shape index (κ2) is 21.1. The monoisotopic (exact) mass is 811 g/mol. The van der Waals surface area contributed by atoms with Crippen LogP contribution < -0.4 is 15.1 Å². The summed E-state index contributed by atoms with van der Waals surface area (Å²) in [6.07, 6.45) is 20.2. The number of nitrogens with zero attached hydrogens (tertiary/aromatic N) is 2. The molecule has 10 rings (SSSR count). The zero-order valence-corrected chi connectivity index (χ0v) is 36.9. The van der Waals surface area contributed by atoms with Crippen LogP contribution in [0.2, 0.25) is 0 Å². The molecular formula is C59H61N3. The molecule has 312 valence electrons. The summed E-state index contributed by atoms with van der Waals surface area (Å²) in [5.41, 5.74) is 17.0. The summed E-state index contributed by atoms with van der Waals surface area (Å²) in [6.45, 7) is 13.2. The summed E-state index contributed by atoms with van der Waals surface area (Å²) in [5, 5.41) is 3.03. The van der Waals surface area contributed by atoms with Crippen LogP contribution in [0.15, 0.2) is 225 Å². The Morgan fingerprint density at radius 3 is 1.76 bits per heavy atom. The number of para-hydroxylation sites is 4. The highest BCUT2D eigenvalue weighted by Gasteiger charge is 2.34. The molecule has 0 radical (unpaired) electrons. The van der Waals surface area contributed by atoms with Crippen LogP contribution in [-0.2, 0) is 12.8 Å². The van der Waals surface area contributed by atoms with E-state index in [9.17, 15) is 0 Å². The third-order valence-electron chi connectivity index (χ3n) is 11.8. The van der Waals surface area contributed by atoms with Crippen LogP contribution in [0.3, 0.4) is 0 Å². The fraction of sp³-hybridized carbons (Fsp3) is 0.186. The van der Waals surface area contributed by atoms with Gasteiger partial charge in [-0.05, 0) is 157 Å². The van der Waals surface area contributed by atoms with Gasteiger partial charge in [0, 0.05) is 52.8 Å². The highest BCUT2D eigenvalue weighted by atomic mass is 15.2. The summed E-state index contributed by atoms with van der Waals surface area (Å²) >= 11 is 0. The van der Waals surface area contributed by atoms with E-state index in [1.807, 2.05) is 58.2 Å². The van der Waals surface area contributed by atoms with Crippen molar-refractivity contribution in [2.75, 3.05) is 22.2 Å². The highest BCUT2D eigenvalue weighted by molar-refractivity contribution is 5.89. The van der Waals surface area contributed by atoms with Gasteiger partial charge in [-0.25, -0.2) is 0 Å². The Bertz CT molecular complexity index is 2490. The zero-order valence-electron chi connectivity index (χ0n) is 36.9. The van der Waals surface area contributed by atoms with E-state index in [0.717, 1.165) is 31.4 Å². The Kier molecular flexibility index (Phi) is 14.7. The van der Waals surface area contributed by atoms with Crippen LogP contribution in [0.4, 0.5) is 34.1 Å². The van der Waals surface area contributed by atoms with Gasteiger partial charge < -0.3 is 15.1 Å². The third-order valence-corrected chi connectivity index (χ3v) is 11.8. The molecule has 3 unspecified atom stereocenters. The van der Waals surface area contributed by atoms with Crippen molar-refractivity contribution in [1.82, 2.24) is 0 Å². The van der Waals surface area contributed by atoms with Crippen LogP contribution in [0.25, 0.3) is 5.57 Å². The zero-order chi connectivity index (χ0) is 43.3. The number of rotatable bonds is 9. The summed E-state index contributed by atoms with van der Waals surface area (Å²) in [7, 11) is 1.91. The number of allylic oxidation sites excluding steroid dienone is 9. The molecule has 0 aliphatic heterocycles. The summed E-state index contributed by atoms with van der Waals surface area (Å²) in [5.74, 6) is 1.36. The minimum Gasteiger partial charge on any atom is -0.388 e. The maximum Gasteiger partial charge on any atom is 0.0464 e. The van der Waals surface area contributed by atoms with Crippen molar-refractivity contribution in [1.29, 1.82) is 0 Å². The van der Waals surface area contributed by atoms with Gasteiger partial charge >= 0.3 is 0 Å². The first-order chi connectivity index (χ1) is 30.6. The minimum atomic E-state index is 0.390. The van der Waals surface area contributed by atoms with E-state index in [1.54, 1.807) is 6.08 Å². The van der Waals surface area contributed by atoms with Crippen molar-refractivity contribution >= 4 is 39.7 Å². The quantitative estimate of drug-likeness (QED) is 0.147. The van der Waals surface area contributed by atoms with Crippen molar-refractivity contribution in [3.63, 3.8) is 0 Å². The molecule has 3 atom stereocenters. The molecule has 62 heavy (non-hydrogen) atoms. The van der Waals surface area contributed by atoms with Crippen LogP contribution in [0.5, 0.6) is 0 Å². The second-order valence-electron chi connectivity index (χ2n) is 15.8. The lowest BCUT2D eigenvalue weighted by atomic mass is 9.87. The first-order valence-electron chi connectivity index (χ1n) is 22.3. The van der Waals surface area contributed by atoms with Gasteiger partial charge in [-0.3, -0.25) is 0 Å². The van der Waals surface area contributed by atoms with Crippen LogP contribution in [0.1, 0.15) is 61.8 Å². The van der Waals surface area contributed by atoms with Gasteiger partial charge in [-0.2, -0.15) is 0 Å². The molecule has 6 aromatic carbocycles. The number of hydrogen-bond acceptors (Lipinski definition) is 3. The smallest absolute Gasteiger partial charge is 0.0464 e. The molecule has 3 nitrogen and oxygen atoms in total. The number of hydrogen-bond donors (Lipinski definition) is 1. The number of nitrogens with one attached hydrogen (secondary N) is 1. The Morgan fingerprint density at radius 1 is 0.645 bits per heavy atom. The number of fused-ring (bicyclic) bond motifs is 6. The van der Waals surface area contributed by atoms with Crippen LogP contribution >= 0.6 is 0 Å². The normalized spacial score (nSPS) is 17.1. The van der Waals surface area contributed by atoms with E-state index >= 15 is 0 Å². The standard InChI is InChI=1S/C47H40N2.C7H9N.C3H6.C2H6/c1-2-12-33-19-20-34-28-35-30-43(23-26-46(35)47(34)27-33)49(40-17-10-5-11-18-40)42-22-25-45-37(32-42)29-36-31-41(21-24-44(36)45)48(38-13-6-3-7-14-38)39-15-8-4-9-16-39;1-8-7-5-3-2-4-6-7;1-3-2;1-2/h2-11,13-18,20-27,30-33,36,44H,1,12,19,28-29H2;2-6,8H,1H3;3H,1H2,2H3;1-2H3. The molecule has 0 saturated heterocycles. The van der Waals surface area contributed by atoms with Gasteiger partial charge in [0.1, 0.15) is 0 Å². The van der Waals surface area contributed by atoms with Gasteiger partial charge in [0.15, 0.2) is 0 Å². The predicted octanol–water partition coefficient (Wildman–Crippen LogP) is 16.1. The van der Waals surface area contributed by atoms with Gasteiger partial charge in [0.25, 0.3) is 0 Å². The Labute approximate surface area is 371 Å². The summed E-state index contributed by atoms with van der Waals surface area (Å²) in [6, 6.07) is 56.6. The SMILES string of the molecule is C=CC.C=CCC1C=C2C(=CC1)Cc1cc(N(c3ccccc3)c3ccc4c(c3)CC3C=C(N(c5ccccc5)c5ccccc5)C=CC43)ccc12.CC.CNc1ccccc1. The van der Waals surface area contributed by atoms with E-state index in [4.69, 9.17) is 0 Å². The molecule has 0 saturated carbocycles. The van der Waals surface area contributed by atoms with Gasteiger partial charge in [-0.15, -0.1) is 13.2 Å². The molecule has 4 aliphatic carbocycles. The maximum absolute atomic E-state index is 3.99. The second-order valence-corrected chi connectivity index (χ2v) is 15.8. The van der Waals surface area contributed by atoms with Crippen molar-refractivity contribution < 1.29 is 0 Å². The fourth-order valence-corrected chi connectivity index (χ4v) is 9.07. The summed E-state index contributed by atoms with van der Waals surface area (Å²) in [4.78, 5) is 4.82. The average Bonchev–Trinajstić information content (AvgIpc) is 3.88. The maximum atomic E-state index is 3.99. The molecule has 0 spiro atoms. The van der Waals surface area contributed by atoms with E-state index < -0.39 is 0 Å². The molecule has 0 bridgehead atoms. The fourth-order valence-electron chi connectivity index (χ4n) is 9.07. The Hall–Kier alpha value is -6.84. The van der Waals surface area contributed by atoms with Crippen molar-refractivity contribution in [2.45, 2.75) is 52.4 Å². The van der Waals surface area contributed by atoms with Crippen LogP contribution in [-0.4, -0.2) is 7.05 Å². The first-order valence-corrected chi connectivity index (χ1v) is 22.3. The van der Waals surface area contributed by atoms with E-state index in [0.29, 0.717) is 17.8 Å². The number of anilines is 6. The van der Waals surface area contributed by atoms with Gasteiger partial charge in [-0.1, -0.05) is 135 Å². The average molecular weight is 812 g/mol. The van der Waals surface area contributed by atoms with E-state index in [2.05, 4.69) is 192 Å². The molecule has 1 N–H and O–H groups in total. The van der Waals surface area contributed by atoms with E-state index in [-0.39, 0.29) is 0 Å². The van der Waals surface area contributed by atoms with Crippen molar-refractivity contribution in [3.8, 4) is 0 Å². The molecule has 3 heteroatoms. The largest absolute Gasteiger partial charge is 0.388 e. The molecule has 0 amide bonds. The van der Waals surface area contributed by atoms with Gasteiger partial charge in [0.05, 0.1) is 0 Å². The lowest BCUT2D eigenvalue weighted by molar-refractivity contribution is 0.623. The summed E-state index contributed by atoms with van der Waals surface area (Å²) < 4.78 is 0. The lowest BCUT2D eigenvalue weighted by Crippen LogP contribution is -2.19. The molecule has 0 fully saturated rings. The van der Waals surface area contributed by atoms with E-state index in [1.165, 1.54) is 67.5 Å². The lowest BCUT2D eigenvalue weighted by Gasteiger charge is -2.30. The number of benzene rings is 6. The Balaban J connectivity index is 0.000000390.